The van der Waals surface area contributed by atoms with Gasteiger partial charge in [0.15, 0.2) is 0 Å². The van der Waals surface area contributed by atoms with E-state index in [4.69, 9.17) is 11.6 Å². The minimum atomic E-state index is -0.287. The summed E-state index contributed by atoms with van der Waals surface area (Å²) in [5.41, 5.74) is 1.22. The second kappa shape index (κ2) is 5.14. The van der Waals surface area contributed by atoms with Crippen LogP contribution < -0.4 is 5.32 Å². The molecule has 1 N–H and O–H groups in total. The van der Waals surface area contributed by atoms with Crippen molar-refractivity contribution in [2.24, 2.45) is 7.05 Å². The maximum absolute atomic E-state index is 12.0. The zero-order valence-corrected chi connectivity index (χ0v) is 10.8. The van der Waals surface area contributed by atoms with Gasteiger partial charge in [-0.3, -0.25) is 10.1 Å². The molecule has 0 aliphatic carbocycles. The van der Waals surface area contributed by atoms with Gasteiger partial charge in [-0.2, -0.15) is 10.1 Å². The van der Waals surface area contributed by atoms with Crippen LogP contribution in [0.15, 0.2) is 18.5 Å². The highest BCUT2D eigenvalue weighted by Crippen LogP contribution is 2.13. The van der Waals surface area contributed by atoms with E-state index in [0.717, 1.165) is 5.69 Å². The van der Waals surface area contributed by atoms with Gasteiger partial charge < -0.3 is 0 Å². The van der Waals surface area contributed by atoms with Gasteiger partial charge in [-0.25, -0.2) is 9.67 Å². The van der Waals surface area contributed by atoms with E-state index in [-0.39, 0.29) is 5.91 Å². The van der Waals surface area contributed by atoms with Crippen molar-refractivity contribution in [3.05, 3.63) is 34.9 Å². The van der Waals surface area contributed by atoms with E-state index in [1.165, 1.54) is 17.1 Å². The molecule has 0 saturated carbocycles. The zero-order chi connectivity index (χ0) is 13.1. The van der Waals surface area contributed by atoms with E-state index in [2.05, 4.69) is 20.4 Å². The van der Waals surface area contributed by atoms with Crippen LogP contribution in [0.5, 0.6) is 0 Å². The van der Waals surface area contributed by atoms with Gasteiger partial charge in [0.25, 0.3) is 5.91 Å². The lowest BCUT2D eigenvalue weighted by Crippen LogP contribution is -2.16. The average molecular weight is 266 g/mol. The average Bonchev–Trinajstić information content (AvgIpc) is 2.74. The predicted octanol–water partition coefficient (Wildman–Crippen LogP) is 1.68. The number of nitrogens with zero attached hydrogens (tertiary/aromatic N) is 4. The predicted molar refractivity (Wildman–Crippen MR) is 67.6 cm³/mol. The number of halogens is 1. The van der Waals surface area contributed by atoms with Crippen molar-refractivity contribution in [2.75, 3.05) is 5.32 Å². The quantitative estimate of drug-likeness (QED) is 0.857. The largest absolute Gasteiger partial charge is 0.291 e. The molecule has 2 rings (SSSR count). The lowest BCUT2D eigenvalue weighted by molar-refractivity contribution is 0.102. The number of amides is 1. The van der Waals surface area contributed by atoms with Crippen LogP contribution in [0.4, 0.5) is 5.95 Å². The Kier molecular flexibility index (Phi) is 3.57. The highest BCUT2D eigenvalue weighted by atomic mass is 35.5. The molecule has 0 aromatic carbocycles. The number of carbonyl (C=O) groups is 1. The van der Waals surface area contributed by atoms with Gasteiger partial charge in [0.1, 0.15) is 11.5 Å². The first-order chi connectivity index (χ1) is 8.60. The number of rotatable bonds is 3. The number of aromatic nitrogens is 4. The lowest BCUT2D eigenvalue weighted by Gasteiger charge is -2.05. The molecule has 18 heavy (non-hydrogen) atoms. The number of hydrogen-bond acceptors (Lipinski definition) is 4. The van der Waals surface area contributed by atoms with Crippen molar-refractivity contribution in [1.29, 1.82) is 0 Å². The summed E-state index contributed by atoms with van der Waals surface area (Å²) in [6.07, 6.45) is 2.08. The summed E-state index contributed by atoms with van der Waals surface area (Å²) >= 11 is 5.86. The minimum Gasteiger partial charge on any atom is -0.291 e. The van der Waals surface area contributed by atoms with E-state index in [1.54, 1.807) is 13.1 Å². The highest BCUT2D eigenvalue weighted by Gasteiger charge is 2.11. The maximum atomic E-state index is 12.0. The van der Waals surface area contributed by atoms with Gasteiger partial charge in [0, 0.05) is 18.3 Å². The Morgan fingerprint density at radius 2 is 2.28 bits per heavy atom. The van der Waals surface area contributed by atoms with Gasteiger partial charge in [-0.15, -0.1) is 0 Å². The highest BCUT2D eigenvalue weighted by molar-refractivity contribution is 6.29. The Hall–Kier alpha value is -1.95. The summed E-state index contributed by atoms with van der Waals surface area (Å²) in [6.45, 7) is 1.95. The van der Waals surface area contributed by atoms with Gasteiger partial charge in [-0.05, 0) is 18.6 Å². The molecule has 2 aromatic heterocycles. The van der Waals surface area contributed by atoms with E-state index in [0.29, 0.717) is 23.1 Å². The molecular weight excluding hydrogens is 254 g/mol. The van der Waals surface area contributed by atoms with Crippen molar-refractivity contribution >= 4 is 23.5 Å². The Morgan fingerprint density at radius 1 is 1.50 bits per heavy atom. The van der Waals surface area contributed by atoms with Crippen molar-refractivity contribution in [2.45, 2.75) is 13.3 Å². The third kappa shape index (κ3) is 2.65. The number of nitrogens with one attached hydrogen (secondary N) is 1. The van der Waals surface area contributed by atoms with E-state index >= 15 is 0 Å². The van der Waals surface area contributed by atoms with Crippen LogP contribution >= 0.6 is 11.6 Å². The number of hydrogen-bond donors (Lipinski definition) is 1. The van der Waals surface area contributed by atoms with Crippen LogP contribution in [0.25, 0.3) is 0 Å². The zero-order valence-electron chi connectivity index (χ0n) is 10.0. The molecule has 94 valence electrons. The van der Waals surface area contributed by atoms with Crippen molar-refractivity contribution in [1.82, 2.24) is 19.7 Å². The number of carbonyl (C=O) groups excluding carboxylic acids is 1. The molecule has 0 saturated heterocycles. The first-order valence-electron chi connectivity index (χ1n) is 5.42. The van der Waals surface area contributed by atoms with E-state index in [1.807, 2.05) is 6.92 Å². The summed E-state index contributed by atoms with van der Waals surface area (Å²) in [4.78, 5) is 20.0. The molecule has 0 unspecified atom stereocenters. The fourth-order valence-electron chi connectivity index (χ4n) is 1.45. The monoisotopic (exact) mass is 265 g/mol. The van der Waals surface area contributed by atoms with Crippen LogP contribution in [-0.2, 0) is 13.5 Å². The Balaban J connectivity index is 2.24. The fraction of sp³-hybridized carbons (Fsp3) is 0.273. The number of pyridine rings is 1. The summed E-state index contributed by atoms with van der Waals surface area (Å²) in [5, 5.41) is 6.82. The third-order valence-electron chi connectivity index (χ3n) is 2.41. The minimum absolute atomic E-state index is 0.287. The van der Waals surface area contributed by atoms with Crippen LogP contribution in [0.2, 0.25) is 5.15 Å². The topological polar surface area (TPSA) is 72.7 Å². The number of aryl methyl sites for hydroxylation is 2. The molecule has 6 nitrogen and oxygen atoms in total. The van der Waals surface area contributed by atoms with E-state index in [9.17, 15) is 4.79 Å². The van der Waals surface area contributed by atoms with Gasteiger partial charge >= 0.3 is 0 Å². The maximum Gasteiger partial charge on any atom is 0.258 e. The van der Waals surface area contributed by atoms with Crippen molar-refractivity contribution < 1.29 is 4.79 Å². The molecule has 0 radical (unpaired) electrons. The first kappa shape index (κ1) is 12.5. The standard InChI is InChI=1S/C11H12ClN5O/c1-3-8-4-7(5-9(12)15-8)10(18)16-11-13-6-14-17(11)2/h4-6H,3H2,1-2H3,(H,13,14,16,18). The molecule has 0 atom stereocenters. The molecule has 2 heterocycles. The molecule has 0 aliphatic rings. The fourth-order valence-corrected chi connectivity index (χ4v) is 1.67. The van der Waals surface area contributed by atoms with Crippen LogP contribution in [0.3, 0.4) is 0 Å². The molecule has 0 fully saturated rings. The molecule has 0 spiro atoms. The Morgan fingerprint density at radius 3 is 2.89 bits per heavy atom. The molecule has 2 aromatic rings. The molecule has 1 amide bonds. The second-order valence-electron chi connectivity index (χ2n) is 3.68. The smallest absolute Gasteiger partial charge is 0.258 e. The first-order valence-corrected chi connectivity index (χ1v) is 5.79. The van der Waals surface area contributed by atoms with Crippen molar-refractivity contribution in [3.8, 4) is 0 Å². The van der Waals surface area contributed by atoms with Gasteiger partial charge in [0.2, 0.25) is 5.95 Å². The molecular formula is C11H12ClN5O. The summed E-state index contributed by atoms with van der Waals surface area (Å²) in [6, 6.07) is 3.23. The Labute approximate surface area is 109 Å². The molecule has 0 aliphatic heterocycles. The summed E-state index contributed by atoms with van der Waals surface area (Å²) < 4.78 is 1.47. The third-order valence-corrected chi connectivity index (χ3v) is 2.60. The SMILES string of the molecule is CCc1cc(C(=O)Nc2ncnn2C)cc(Cl)n1. The normalized spacial score (nSPS) is 10.4. The second-order valence-corrected chi connectivity index (χ2v) is 4.07. The molecule has 0 bridgehead atoms. The Bertz CT molecular complexity index is 581. The van der Waals surface area contributed by atoms with Gasteiger partial charge in [-0.1, -0.05) is 18.5 Å². The lowest BCUT2D eigenvalue weighted by atomic mass is 10.2. The van der Waals surface area contributed by atoms with Crippen molar-refractivity contribution in [3.63, 3.8) is 0 Å². The molecule has 7 heteroatoms. The van der Waals surface area contributed by atoms with Crippen LogP contribution in [0.1, 0.15) is 23.0 Å². The van der Waals surface area contributed by atoms with Crippen LogP contribution in [-0.4, -0.2) is 25.7 Å². The van der Waals surface area contributed by atoms with Gasteiger partial charge in [0.05, 0.1) is 0 Å². The van der Waals surface area contributed by atoms with Crippen LogP contribution in [0, 0.1) is 0 Å². The van der Waals surface area contributed by atoms with E-state index < -0.39 is 0 Å². The number of anilines is 1. The summed E-state index contributed by atoms with van der Waals surface area (Å²) in [5.74, 6) is 0.0936. The summed E-state index contributed by atoms with van der Waals surface area (Å²) in [7, 11) is 1.69.